The summed E-state index contributed by atoms with van der Waals surface area (Å²) in [6, 6.07) is 12.2. The van der Waals surface area contributed by atoms with Gasteiger partial charge in [-0.25, -0.2) is 4.98 Å². The lowest BCUT2D eigenvalue weighted by atomic mass is 10.1. The van der Waals surface area contributed by atoms with Crippen LogP contribution in [0.3, 0.4) is 0 Å². The van der Waals surface area contributed by atoms with Crippen molar-refractivity contribution in [2.45, 2.75) is 13.3 Å². The largest absolute Gasteiger partial charge is 0.494 e. The van der Waals surface area contributed by atoms with E-state index in [9.17, 15) is 14.9 Å². The van der Waals surface area contributed by atoms with E-state index in [1.54, 1.807) is 16.3 Å². The molecule has 0 aliphatic carbocycles. The van der Waals surface area contributed by atoms with Crippen LogP contribution in [0.2, 0.25) is 0 Å². The van der Waals surface area contributed by atoms with Crippen LogP contribution in [0.1, 0.15) is 23.0 Å². The zero-order valence-corrected chi connectivity index (χ0v) is 15.9. The summed E-state index contributed by atoms with van der Waals surface area (Å²) in [5.74, 6) is 0.544. The molecule has 28 heavy (non-hydrogen) atoms. The SMILES string of the molecule is CCOc1ccc(-c2nc(C(=O)N3CCc4ccc([N+](=O)[O-])cc43)cs2)cc1. The molecule has 0 spiro atoms. The first-order valence-corrected chi connectivity index (χ1v) is 9.72. The number of thiazole rings is 1. The topological polar surface area (TPSA) is 85.6 Å². The van der Waals surface area contributed by atoms with Crippen molar-refractivity contribution in [3.8, 4) is 16.3 Å². The highest BCUT2D eigenvalue weighted by Crippen LogP contribution is 2.33. The van der Waals surface area contributed by atoms with E-state index in [1.165, 1.54) is 23.5 Å². The zero-order chi connectivity index (χ0) is 19.7. The first-order valence-electron chi connectivity index (χ1n) is 8.84. The summed E-state index contributed by atoms with van der Waals surface area (Å²) in [6.45, 7) is 3.02. The molecule has 2 aromatic carbocycles. The number of non-ortho nitro benzene ring substituents is 1. The Morgan fingerprint density at radius 3 is 2.79 bits per heavy atom. The van der Waals surface area contributed by atoms with E-state index in [0.29, 0.717) is 31.0 Å². The van der Waals surface area contributed by atoms with Gasteiger partial charge in [0.1, 0.15) is 16.5 Å². The molecule has 0 N–H and O–H groups in total. The third-order valence-corrected chi connectivity index (χ3v) is 5.45. The number of aromatic nitrogens is 1. The Bertz CT molecular complexity index is 1050. The Hall–Kier alpha value is -3.26. The number of anilines is 1. The van der Waals surface area contributed by atoms with Gasteiger partial charge >= 0.3 is 0 Å². The molecule has 142 valence electrons. The predicted octanol–water partition coefficient (Wildman–Crippen LogP) is 4.32. The second kappa shape index (κ2) is 7.40. The summed E-state index contributed by atoms with van der Waals surface area (Å²) in [5.41, 5.74) is 2.75. The highest BCUT2D eigenvalue weighted by atomic mass is 32.1. The average molecular weight is 395 g/mol. The van der Waals surface area contributed by atoms with Gasteiger partial charge in [0.05, 0.1) is 17.2 Å². The number of carbonyl (C=O) groups excluding carboxylic acids is 1. The third-order valence-electron chi connectivity index (χ3n) is 4.56. The first-order chi connectivity index (χ1) is 13.6. The monoisotopic (exact) mass is 395 g/mol. The second-order valence-corrected chi connectivity index (χ2v) is 7.13. The average Bonchev–Trinajstić information content (AvgIpc) is 3.35. The standard InChI is InChI=1S/C20H17N3O4S/c1-2-27-16-7-4-14(5-8-16)19-21-17(12-28-19)20(24)22-10-9-13-3-6-15(23(25)26)11-18(13)22/h3-8,11-12H,2,9-10H2,1H3. The van der Waals surface area contributed by atoms with Crippen molar-refractivity contribution in [1.29, 1.82) is 0 Å². The molecular formula is C20H17N3O4S. The van der Waals surface area contributed by atoms with E-state index in [2.05, 4.69) is 4.98 Å². The van der Waals surface area contributed by atoms with Crippen molar-refractivity contribution in [3.05, 3.63) is 69.2 Å². The van der Waals surface area contributed by atoms with Gasteiger partial charge in [0.15, 0.2) is 0 Å². The normalized spacial score (nSPS) is 12.7. The van der Waals surface area contributed by atoms with Gasteiger partial charge in [0.2, 0.25) is 0 Å². The van der Waals surface area contributed by atoms with Crippen molar-refractivity contribution in [2.24, 2.45) is 0 Å². The highest BCUT2D eigenvalue weighted by molar-refractivity contribution is 7.13. The van der Waals surface area contributed by atoms with Gasteiger partial charge in [0, 0.05) is 29.6 Å². The van der Waals surface area contributed by atoms with E-state index >= 15 is 0 Å². The number of rotatable bonds is 5. The van der Waals surface area contributed by atoms with Gasteiger partial charge in [0.25, 0.3) is 11.6 Å². The van der Waals surface area contributed by atoms with Crippen LogP contribution in [0.5, 0.6) is 5.75 Å². The summed E-state index contributed by atoms with van der Waals surface area (Å²) in [5, 5.41) is 13.5. The molecular weight excluding hydrogens is 378 g/mol. The number of benzene rings is 2. The van der Waals surface area contributed by atoms with E-state index in [0.717, 1.165) is 21.9 Å². The van der Waals surface area contributed by atoms with Crippen molar-refractivity contribution in [1.82, 2.24) is 4.98 Å². The summed E-state index contributed by atoms with van der Waals surface area (Å²) in [6.07, 6.45) is 0.676. The molecule has 0 atom stereocenters. The number of carbonyl (C=O) groups is 1. The molecule has 0 unspecified atom stereocenters. The lowest BCUT2D eigenvalue weighted by molar-refractivity contribution is -0.384. The molecule has 1 aliphatic rings. The smallest absolute Gasteiger partial charge is 0.277 e. The Labute approximate surface area is 165 Å². The number of fused-ring (bicyclic) bond motifs is 1. The maximum Gasteiger partial charge on any atom is 0.277 e. The van der Waals surface area contributed by atoms with Gasteiger partial charge in [-0.3, -0.25) is 14.9 Å². The molecule has 0 bridgehead atoms. The second-order valence-electron chi connectivity index (χ2n) is 6.27. The van der Waals surface area contributed by atoms with Gasteiger partial charge < -0.3 is 9.64 Å². The minimum atomic E-state index is -0.450. The van der Waals surface area contributed by atoms with Crippen LogP contribution in [-0.4, -0.2) is 29.0 Å². The summed E-state index contributed by atoms with van der Waals surface area (Å²) < 4.78 is 5.44. The van der Waals surface area contributed by atoms with Gasteiger partial charge in [-0.05, 0) is 43.2 Å². The van der Waals surface area contributed by atoms with Crippen LogP contribution in [0.4, 0.5) is 11.4 Å². The third kappa shape index (κ3) is 3.34. The maximum atomic E-state index is 13.0. The van der Waals surface area contributed by atoms with E-state index in [1.807, 2.05) is 31.2 Å². The number of hydrogen-bond acceptors (Lipinski definition) is 6. The molecule has 2 heterocycles. The zero-order valence-electron chi connectivity index (χ0n) is 15.1. The fourth-order valence-corrected chi connectivity index (χ4v) is 4.00. The van der Waals surface area contributed by atoms with E-state index in [-0.39, 0.29) is 11.6 Å². The number of nitro benzene ring substituents is 1. The predicted molar refractivity (Wildman–Crippen MR) is 107 cm³/mol. The first kappa shape index (κ1) is 18.1. The van der Waals surface area contributed by atoms with Gasteiger partial charge in [-0.2, -0.15) is 0 Å². The van der Waals surface area contributed by atoms with Crippen molar-refractivity contribution in [3.63, 3.8) is 0 Å². The Kier molecular flexibility index (Phi) is 4.79. The van der Waals surface area contributed by atoms with Crippen LogP contribution >= 0.6 is 11.3 Å². The number of nitro groups is 1. The Morgan fingerprint density at radius 2 is 2.07 bits per heavy atom. The Balaban J connectivity index is 1.58. The molecule has 7 nitrogen and oxygen atoms in total. The number of hydrogen-bond donors (Lipinski definition) is 0. The molecule has 3 aromatic rings. The fourth-order valence-electron chi connectivity index (χ4n) is 3.20. The molecule has 0 fully saturated rings. The van der Waals surface area contributed by atoms with Crippen LogP contribution < -0.4 is 9.64 Å². The van der Waals surface area contributed by atoms with E-state index in [4.69, 9.17) is 4.74 Å². The minimum Gasteiger partial charge on any atom is -0.494 e. The lowest BCUT2D eigenvalue weighted by Gasteiger charge is -2.15. The van der Waals surface area contributed by atoms with E-state index < -0.39 is 4.92 Å². The number of ether oxygens (including phenoxy) is 1. The molecule has 0 saturated carbocycles. The number of nitrogens with zero attached hydrogens (tertiary/aromatic N) is 3. The van der Waals surface area contributed by atoms with Gasteiger partial charge in [-0.1, -0.05) is 6.07 Å². The van der Waals surface area contributed by atoms with Gasteiger partial charge in [-0.15, -0.1) is 11.3 Å². The summed E-state index contributed by atoms with van der Waals surface area (Å²) in [7, 11) is 0. The van der Waals surface area contributed by atoms with Crippen LogP contribution in [-0.2, 0) is 6.42 Å². The lowest BCUT2D eigenvalue weighted by Crippen LogP contribution is -2.29. The Morgan fingerprint density at radius 1 is 1.29 bits per heavy atom. The highest BCUT2D eigenvalue weighted by Gasteiger charge is 2.28. The molecule has 1 aliphatic heterocycles. The maximum absolute atomic E-state index is 13.0. The van der Waals surface area contributed by atoms with Crippen molar-refractivity contribution in [2.75, 3.05) is 18.1 Å². The fraction of sp³-hybridized carbons (Fsp3) is 0.200. The van der Waals surface area contributed by atoms with Crippen LogP contribution in [0.15, 0.2) is 47.8 Å². The van der Waals surface area contributed by atoms with Crippen LogP contribution in [0, 0.1) is 10.1 Å². The van der Waals surface area contributed by atoms with Crippen molar-refractivity contribution < 1.29 is 14.5 Å². The summed E-state index contributed by atoms with van der Waals surface area (Å²) >= 11 is 1.39. The summed E-state index contributed by atoms with van der Waals surface area (Å²) in [4.78, 5) is 29.6. The molecule has 4 rings (SSSR count). The quantitative estimate of drug-likeness (QED) is 0.474. The minimum absolute atomic E-state index is 0.0215. The van der Waals surface area contributed by atoms with Crippen LogP contribution in [0.25, 0.3) is 10.6 Å². The number of amides is 1. The molecule has 1 amide bonds. The molecule has 0 saturated heterocycles. The molecule has 0 radical (unpaired) electrons. The molecule has 1 aromatic heterocycles. The van der Waals surface area contributed by atoms with Crippen molar-refractivity contribution >= 4 is 28.6 Å². The molecule has 8 heteroatoms.